The highest BCUT2D eigenvalue weighted by Gasteiger charge is 2.52. The predicted octanol–water partition coefficient (Wildman–Crippen LogP) is 2.30. The number of hydrogen-bond donors (Lipinski definition) is 0. The van der Waals surface area contributed by atoms with Crippen molar-refractivity contribution in [1.82, 2.24) is 0 Å². The summed E-state index contributed by atoms with van der Waals surface area (Å²) >= 11 is 0. The van der Waals surface area contributed by atoms with Gasteiger partial charge in [-0.1, -0.05) is 19.8 Å². The summed E-state index contributed by atoms with van der Waals surface area (Å²) in [6.45, 7) is 2.13. The van der Waals surface area contributed by atoms with Crippen LogP contribution in [0.3, 0.4) is 0 Å². The first-order chi connectivity index (χ1) is 6.18. The molecule has 0 aliphatic heterocycles. The largest absolute Gasteiger partial charge is 0.298 e. The van der Waals surface area contributed by atoms with Gasteiger partial charge in [-0.15, -0.1) is 0 Å². The minimum Gasteiger partial charge on any atom is -0.298 e. The van der Waals surface area contributed by atoms with Crippen LogP contribution in [-0.4, -0.2) is 5.78 Å². The monoisotopic (exact) mass is 177 g/mol. The number of nitrogens with zero attached hydrogens (tertiary/aromatic N) is 1. The molecule has 2 fully saturated rings. The van der Waals surface area contributed by atoms with E-state index in [4.69, 9.17) is 5.26 Å². The average molecular weight is 177 g/mol. The third-order valence-corrected chi connectivity index (χ3v) is 4.01. The molecule has 0 aromatic carbocycles. The fourth-order valence-electron chi connectivity index (χ4n) is 3.09. The lowest BCUT2D eigenvalue weighted by Gasteiger charge is -2.37. The zero-order valence-electron chi connectivity index (χ0n) is 8.05. The molecule has 2 aliphatic carbocycles. The summed E-state index contributed by atoms with van der Waals surface area (Å²) in [5, 5.41) is 8.97. The molecule has 0 spiro atoms. The zero-order valence-corrected chi connectivity index (χ0v) is 8.05. The van der Waals surface area contributed by atoms with E-state index in [-0.39, 0.29) is 17.1 Å². The average Bonchev–Trinajstić information content (AvgIpc) is 2.35. The van der Waals surface area contributed by atoms with Crippen LogP contribution in [0.2, 0.25) is 0 Å². The second-order valence-corrected chi connectivity index (χ2v) is 4.68. The first kappa shape index (κ1) is 8.74. The molecule has 0 amide bonds. The van der Waals surface area contributed by atoms with E-state index in [1.165, 1.54) is 12.8 Å². The van der Waals surface area contributed by atoms with Crippen LogP contribution >= 0.6 is 0 Å². The summed E-state index contributed by atoms with van der Waals surface area (Å²) in [6.07, 6.45) is 5.32. The lowest BCUT2D eigenvalue weighted by molar-refractivity contribution is -0.120. The lowest BCUT2D eigenvalue weighted by Crippen LogP contribution is -2.32. The SMILES string of the molecule is CC12CCCCC1CC(=O)C2C#N. The topological polar surface area (TPSA) is 40.9 Å². The lowest BCUT2D eigenvalue weighted by atomic mass is 9.66. The molecule has 0 aromatic rings. The number of carbonyl (C=O) groups is 1. The van der Waals surface area contributed by atoms with E-state index < -0.39 is 0 Å². The zero-order chi connectivity index (χ0) is 9.47. The van der Waals surface area contributed by atoms with E-state index in [2.05, 4.69) is 13.0 Å². The molecule has 0 aromatic heterocycles. The molecule has 2 heteroatoms. The Balaban J connectivity index is 2.31. The first-order valence-electron chi connectivity index (χ1n) is 5.11. The maximum atomic E-state index is 11.6. The van der Waals surface area contributed by atoms with Crippen molar-refractivity contribution in [2.24, 2.45) is 17.3 Å². The minimum absolute atomic E-state index is 0.0179. The normalized spacial score (nSPS) is 44.2. The van der Waals surface area contributed by atoms with E-state index in [9.17, 15) is 4.79 Å². The highest BCUT2D eigenvalue weighted by Crippen LogP contribution is 2.53. The van der Waals surface area contributed by atoms with Gasteiger partial charge >= 0.3 is 0 Å². The molecule has 0 bridgehead atoms. The second kappa shape index (κ2) is 2.83. The van der Waals surface area contributed by atoms with Crippen molar-refractivity contribution >= 4 is 5.78 Å². The standard InChI is InChI=1S/C11H15NO/c1-11-5-3-2-4-8(11)6-10(13)9(11)7-12/h8-9H,2-6H2,1H3. The smallest absolute Gasteiger partial charge is 0.150 e. The molecule has 2 rings (SSSR count). The summed E-state index contributed by atoms with van der Waals surface area (Å²) in [4.78, 5) is 11.6. The fourth-order valence-corrected chi connectivity index (χ4v) is 3.09. The molecular formula is C11H15NO. The molecule has 70 valence electrons. The van der Waals surface area contributed by atoms with E-state index in [0.29, 0.717) is 12.3 Å². The van der Waals surface area contributed by atoms with Gasteiger partial charge in [-0.05, 0) is 24.2 Å². The molecule has 2 nitrogen and oxygen atoms in total. The number of ketones is 1. The van der Waals surface area contributed by atoms with Crippen molar-refractivity contribution < 1.29 is 4.79 Å². The van der Waals surface area contributed by atoms with Crippen molar-refractivity contribution in [2.45, 2.75) is 39.0 Å². The van der Waals surface area contributed by atoms with Gasteiger partial charge in [0.15, 0.2) is 5.78 Å². The van der Waals surface area contributed by atoms with Crippen LogP contribution < -0.4 is 0 Å². The number of nitriles is 1. The van der Waals surface area contributed by atoms with E-state index >= 15 is 0 Å². The van der Waals surface area contributed by atoms with Crippen molar-refractivity contribution in [3.63, 3.8) is 0 Å². The summed E-state index contributed by atoms with van der Waals surface area (Å²) in [5.74, 6) is 0.383. The Morgan fingerprint density at radius 1 is 1.54 bits per heavy atom. The number of rotatable bonds is 0. The maximum Gasteiger partial charge on any atom is 0.150 e. The highest BCUT2D eigenvalue weighted by atomic mass is 16.1. The Bertz CT molecular complexity index is 278. The van der Waals surface area contributed by atoms with Crippen LogP contribution in [0.15, 0.2) is 0 Å². The van der Waals surface area contributed by atoms with Crippen molar-refractivity contribution in [2.75, 3.05) is 0 Å². The van der Waals surface area contributed by atoms with E-state index in [1.54, 1.807) is 0 Å². The van der Waals surface area contributed by atoms with Gasteiger partial charge in [0.2, 0.25) is 0 Å². The van der Waals surface area contributed by atoms with Crippen LogP contribution in [0.1, 0.15) is 39.0 Å². The minimum atomic E-state index is -0.308. The van der Waals surface area contributed by atoms with Gasteiger partial charge < -0.3 is 0 Å². The first-order valence-corrected chi connectivity index (χ1v) is 5.11. The van der Waals surface area contributed by atoms with Crippen molar-refractivity contribution in [3.8, 4) is 6.07 Å². The van der Waals surface area contributed by atoms with Crippen LogP contribution in [0.4, 0.5) is 0 Å². The number of hydrogen-bond acceptors (Lipinski definition) is 2. The molecule has 2 aliphatic rings. The summed E-state index contributed by atoms with van der Waals surface area (Å²) in [5.41, 5.74) is 0.0179. The molecule has 3 unspecified atom stereocenters. The van der Waals surface area contributed by atoms with Gasteiger partial charge in [-0.2, -0.15) is 5.26 Å². The van der Waals surface area contributed by atoms with Crippen LogP contribution in [0.5, 0.6) is 0 Å². The molecule has 0 heterocycles. The Morgan fingerprint density at radius 3 is 3.00 bits per heavy atom. The van der Waals surface area contributed by atoms with Gasteiger partial charge in [-0.3, -0.25) is 4.79 Å². The number of carbonyl (C=O) groups excluding carboxylic acids is 1. The third kappa shape index (κ3) is 1.10. The maximum absolute atomic E-state index is 11.6. The number of Topliss-reactive ketones (excluding diaryl/α,β-unsaturated/α-hetero) is 1. The van der Waals surface area contributed by atoms with Crippen molar-refractivity contribution in [1.29, 1.82) is 5.26 Å². The van der Waals surface area contributed by atoms with Gasteiger partial charge in [0, 0.05) is 6.42 Å². The van der Waals surface area contributed by atoms with Crippen molar-refractivity contribution in [3.05, 3.63) is 0 Å². The predicted molar refractivity (Wildman–Crippen MR) is 48.8 cm³/mol. The Morgan fingerprint density at radius 2 is 2.31 bits per heavy atom. The molecule has 0 saturated heterocycles. The van der Waals surface area contributed by atoms with Gasteiger partial charge in [-0.25, -0.2) is 0 Å². The van der Waals surface area contributed by atoms with Crippen LogP contribution in [-0.2, 0) is 4.79 Å². The Labute approximate surface area is 78.9 Å². The molecule has 0 radical (unpaired) electrons. The number of fused-ring (bicyclic) bond motifs is 1. The highest BCUT2D eigenvalue weighted by molar-refractivity contribution is 5.87. The van der Waals surface area contributed by atoms with Crippen LogP contribution in [0, 0.1) is 28.6 Å². The van der Waals surface area contributed by atoms with Gasteiger partial charge in [0.1, 0.15) is 5.92 Å². The summed E-state index contributed by atoms with van der Waals surface area (Å²) in [7, 11) is 0. The van der Waals surface area contributed by atoms with Gasteiger partial charge in [0.25, 0.3) is 0 Å². The summed E-state index contributed by atoms with van der Waals surface area (Å²) in [6, 6.07) is 2.20. The Hall–Kier alpha value is -0.840. The molecule has 2 saturated carbocycles. The molecular weight excluding hydrogens is 162 g/mol. The summed E-state index contributed by atoms with van der Waals surface area (Å²) < 4.78 is 0. The quantitative estimate of drug-likeness (QED) is 0.569. The Kier molecular flexibility index (Phi) is 1.91. The molecule has 3 atom stereocenters. The fraction of sp³-hybridized carbons (Fsp3) is 0.818. The van der Waals surface area contributed by atoms with Gasteiger partial charge in [0.05, 0.1) is 6.07 Å². The second-order valence-electron chi connectivity index (χ2n) is 4.68. The van der Waals surface area contributed by atoms with E-state index in [0.717, 1.165) is 12.8 Å². The molecule has 0 N–H and O–H groups in total. The van der Waals surface area contributed by atoms with E-state index in [1.807, 2.05) is 0 Å². The molecule has 13 heavy (non-hydrogen) atoms. The third-order valence-electron chi connectivity index (χ3n) is 4.01. The van der Waals surface area contributed by atoms with Crippen LogP contribution in [0.25, 0.3) is 0 Å².